The summed E-state index contributed by atoms with van der Waals surface area (Å²) in [5.41, 5.74) is 1.79. The Kier molecular flexibility index (Phi) is 5.36. The molecule has 0 N–H and O–H groups in total. The predicted molar refractivity (Wildman–Crippen MR) is 61.9 cm³/mol. The molecule has 0 atom stereocenters. The fourth-order valence-corrected chi connectivity index (χ4v) is 2.51. The summed E-state index contributed by atoms with van der Waals surface area (Å²) in [6, 6.07) is 0. The third kappa shape index (κ3) is 2.86. The summed E-state index contributed by atoms with van der Waals surface area (Å²) >= 11 is 0. The maximum absolute atomic E-state index is 4.19. The van der Waals surface area contributed by atoms with Crippen LogP contribution >= 0.6 is 0 Å². The molecule has 0 fully saturated rings. The van der Waals surface area contributed by atoms with Gasteiger partial charge in [-0.05, 0) is 31.1 Å². The van der Waals surface area contributed by atoms with Gasteiger partial charge in [0.25, 0.3) is 0 Å². The first kappa shape index (κ1) is 12.7. The summed E-state index contributed by atoms with van der Waals surface area (Å²) in [5, 5.41) is 0. The van der Waals surface area contributed by atoms with Crippen LogP contribution in [0.5, 0.6) is 0 Å². The zero-order chi connectivity index (χ0) is 10.5. The first-order chi connectivity index (χ1) is 6.01. The Morgan fingerprint density at radius 3 is 1.69 bits per heavy atom. The number of allylic oxidation sites excluding steroid dienone is 1. The third-order valence-corrected chi connectivity index (χ3v) is 3.35. The van der Waals surface area contributed by atoms with Crippen molar-refractivity contribution in [1.82, 2.24) is 0 Å². The van der Waals surface area contributed by atoms with Crippen LogP contribution in [-0.4, -0.2) is 0 Å². The van der Waals surface area contributed by atoms with E-state index in [1.807, 2.05) is 0 Å². The molecular weight excluding hydrogens is 156 g/mol. The molecule has 0 nitrogen and oxygen atoms in total. The topological polar surface area (TPSA) is 0 Å². The molecule has 0 saturated heterocycles. The van der Waals surface area contributed by atoms with Crippen LogP contribution in [0.3, 0.4) is 0 Å². The zero-order valence-corrected chi connectivity index (χ0v) is 10.1. The quantitative estimate of drug-likeness (QED) is 0.517. The van der Waals surface area contributed by atoms with Crippen molar-refractivity contribution in [1.29, 1.82) is 0 Å². The molecule has 0 aliphatic carbocycles. The van der Waals surface area contributed by atoms with Gasteiger partial charge in [0.1, 0.15) is 0 Å². The van der Waals surface area contributed by atoms with Crippen molar-refractivity contribution in [2.75, 3.05) is 0 Å². The Hall–Kier alpha value is -0.260. The van der Waals surface area contributed by atoms with Gasteiger partial charge in [-0.3, -0.25) is 0 Å². The van der Waals surface area contributed by atoms with Crippen LogP contribution in [0.25, 0.3) is 0 Å². The fourth-order valence-electron chi connectivity index (χ4n) is 2.51. The average molecular weight is 182 g/mol. The largest absolute Gasteiger partial charge is 0.0996 e. The molecule has 0 rings (SSSR count). The van der Waals surface area contributed by atoms with Crippen molar-refractivity contribution in [3.8, 4) is 0 Å². The standard InChI is InChI=1S/C13H26/c1-7-9-13(10-8-2,11(3)4)12(5)6/h12H,3,7-10H2,1-2,4-6H3. The van der Waals surface area contributed by atoms with E-state index < -0.39 is 0 Å². The van der Waals surface area contributed by atoms with Crippen molar-refractivity contribution >= 4 is 0 Å². The van der Waals surface area contributed by atoms with Gasteiger partial charge < -0.3 is 0 Å². The van der Waals surface area contributed by atoms with Crippen LogP contribution in [0, 0.1) is 11.3 Å². The van der Waals surface area contributed by atoms with E-state index in [4.69, 9.17) is 0 Å². The van der Waals surface area contributed by atoms with Crippen LogP contribution < -0.4 is 0 Å². The second-order valence-electron chi connectivity index (χ2n) is 4.59. The average Bonchev–Trinajstić information content (AvgIpc) is 2.03. The minimum Gasteiger partial charge on any atom is -0.0996 e. The zero-order valence-electron chi connectivity index (χ0n) is 10.1. The molecule has 0 spiro atoms. The molecule has 0 radical (unpaired) electrons. The summed E-state index contributed by atoms with van der Waals surface area (Å²) in [4.78, 5) is 0. The van der Waals surface area contributed by atoms with Crippen molar-refractivity contribution in [3.63, 3.8) is 0 Å². The van der Waals surface area contributed by atoms with Gasteiger partial charge >= 0.3 is 0 Å². The molecule has 13 heavy (non-hydrogen) atoms. The molecule has 0 aromatic heterocycles. The molecule has 0 aromatic carbocycles. The van der Waals surface area contributed by atoms with E-state index in [2.05, 4.69) is 41.2 Å². The summed E-state index contributed by atoms with van der Waals surface area (Å²) < 4.78 is 0. The van der Waals surface area contributed by atoms with Crippen molar-refractivity contribution in [2.24, 2.45) is 11.3 Å². The van der Waals surface area contributed by atoms with Gasteiger partial charge in [-0.25, -0.2) is 0 Å². The van der Waals surface area contributed by atoms with Gasteiger partial charge in [-0.2, -0.15) is 0 Å². The van der Waals surface area contributed by atoms with Crippen LogP contribution in [-0.2, 0) is 0 Å². The van der Waals surface area contributed by atoms with Gasteiger partial charge in [0.2, 0.25) is 0 Å². The predicted octanol–water partition coefficient (Wildman–Crippen LogP) is 4.81. The normalized spacial score (nSPS) is 12.2. The third-order valence-electron chi connectivity index (χ3n) is 3.35. The lowest BCUT2D eigenvalue weighted by Gasteiger charge is -2.38. The van der Waals surface area contributed by atoms with Crippen molar-refractivity contribution in [3.05, 3.63) is 12.2 Å². The highest BCUT2D eigenvalue weighted by atomic mass is 14.4. The molecule has 0 unspecified atom stereocenters. The molecule has 0 amide bonds. The molecule has 0 heteroatoms. The highest BCUT2D eigenvalue weighted by Crippen LogP contribution is 2.43. The van der Waals surface area contributed by atoms with Gasteiger partial charge in [-0.15, -0.1) is 0 Å². The van der Waals surface area contributed by atoms with E-state index in [1.54, 1.807) is 0 Å². The van der Waals surface area contributed by atoms with E-state index >= 15 is 0 Å². The number of rotatable bonds is 6. The molecule has 0 aliphatic heterocycles. The van der Waals surface area contributed by atoms with E-state index in [-0.39, 0.29) is 0 Å². The molecule has 78 valence electrons. The minimum atomic E-state index is 0.406. The SMILES string of the molecule is C=C(C)C(CCC)(CCC)C(C)C. The summed E-state index contributed by atoms with van der Waals surface area (Å²) in [7, 11) is 0. The second-order valence-corrected chi connectivity index (χ2v) is 4.59. The van der Waals surface area contributed by atoms with E-state index in [0.717, 1.165) is 5.92 Å². The monoisotopic (exact) mass is 182 g/mol. The summed E-state index contributed by atoms with van der Waals surface area (Å²) in [5.74, 6) is 0.727. The Balaban J connectivity index is 4.69. The smallest absolute Gasteiger partial charge is 0.00707 e. The number of hydrogen-bond acceptors (Lipinski definition) is 0. The second kappa shape index (κ2) is 5.47. The molecule has 0 aliphatic rings. The van der Waals surface area contributed by atoms with E-state index in [1.165, 1.54) is 31.3 Å². The minimum absolute atomic E-state index is 0.406. The first-order valence-electron chi connectivity index (χ1n) is 5.67. The Morgan fingerprint density at radius 2 is 1.54 bits per heavy atom. The first-order valence-corrected chi connectivity index (χ1v) is 5.67. The molecule has 0 saturated carbocycles. The lowest BCUT2D eigenvalue weighted by Crippen LogP contribution is -2.28. The molecular formula is C13H26. The lowest BCUT2D eigenvalue weighted by atomic mass is 9.66. The lowest BCUT2D eigenvalue weighted by molar-refractivity contribution is 0.202. The van der Waals surface area contributed by atoms with Crippen LogP contribution in [0.1, 0.15) is 60.3 Å². The van der Waals surface area contributed by atoms with Crippen LogP contribution in [0.2, 0.25) is 0 Å². The highest BCUT2D eigenvalue weighted by molar-refractivity contribution is 5.08. The Bertz CT molecular complexity index is 147. The maximum Gasteiger partial charge on any atom is -0.00707 e. The molecule has 0 heterocycles. The Labute approximate surface area is 84.4 Å². The van der Waals surface area contributed by atoms with Gasteiger partial charge in [0, 0.05) is 0 Å². The molecule has 0 aromatic rings. The summed E-state index contributed by atoms with van der Waals surface area (Å²) in [6.45, 7) is 15.6. The highest BCUT2D eigenvalue weighted by Gasteiger charge is 2.32. The van der Waals surface area contributed by atoms with E-state index in [9.17, 15) is 0 Å². The maximum atomic E-state index is 4.19. The van der Waals surface area contributed by atoms with Crippen molar-refractivity contribution in [2.45, 2.75) is 60.3 Å². The number of hydrogen-bond donors (Lipinski definition) is 0. The Morgan fingerprint density at radius 1 is 1.15 bits per heavy atom. The van der Waals surface area contributed by atoms with Gasteiger partial charge in [0.05, 0.1) is 0 Å². The fraction of sp³-hybridized carbons (Fsp3) is 0.846. The van der Waals surface area contributed by atoms with E-state index in [0.29, 0.717) is 5.41 Å². The summed E-state index contributed by atoms with van der Waals surface area (Å²) in [6.07, 6.45) is 5.14. The van der Waals surface area contributed by atoms with Crippen LogP contribution in [0.15, 0.2) is 12.2 Å². The van der Waals surface area contributed by atoms with Crippen molar-refractivity contribution < 1.29 is 0 Å². The molecule has 0 bridgehead atoms. The van der Waals surface area contributed by atoms with Crippen LogP contribution in [0.4, 0.5) is 0 Å². The van der Waals surface area contributed by atoms with Gasteiger partial charge in [0.15, 0.2) is 0 Å². The van der Waals surface area contributed by atoms with Gasteiger partial charge in [-0.1, -0.05) is 52.7 Å².